The number of rotatable bonds is 3. The quantitative estimate of drug-likeness (QED) is 0.945. The second kappa shape index (κ2) is 5.16. The third-order valence-corrected chi connectivity index (χ3v) is 3.44. The van der Waals surface area contributed by atoms with Crippen molar-refractivity contribution in [3.8, 4) is 5.69 Å². The zero-order valence-corrected chi connectivity index (χ0v) is 11.2. The Morgan fingerprint density at radius 2 is 2.11 bits per heavy atom. The number of aliphatic hydroxyl groups excluding tert-OH is 1. The number of aromatic nitrogens is 2. The molecule has 96 valence electrons. The number of hydrogen-bond acceptors (Lipinski definition) is 2. The van der Waals surface area contributed by atoms with Gasteiger partial charge in [-0.2, -0.15) is 5.10 Å². The zero-order valence-electron chi connectivity index (χ0n) is 9.62. The Bertz CT molecular complexity index is 584. The Kier molecular flexibility index (Phi) is 3.77. The van der Waals surface area contributed by atoms with Crippen molar-refractivity contribution in [1.29, 1.82) is 0 Å². The SMILES string of the molecule is Cc1nn(-c2ccc(F)cc2F)c(Br)c1CCO. The van der Waals surface area contributed by atoms with Crippen LogP contribution >= 0.6 is 15.9 Å². The smallest absolute Gasteiger partial charge is 0.151 e. The summed E-state index contributed by atoms with van der Waals surface area (Å²) in [4.78, 5) is 0. The molecule has 0 atom stereocenters. The summed E-state index contributed by atoms with van der Waals surface area (Å²) in [6.07, 6.45) is 0.426. The summed E-state index contributed by atoms with van der Waals surface area (Å²) in [5.74, 6) is -1.32. The molecule has 0 unspecified atom stereocenters. The van der Waals surface area contributed by atoms with Gasteiger partial charge in [0.25, 0.3) is 0 Å². The van der Waals surface area contributed by atoms with Gasteiger partial charge in [0.2, 0.25) is 0 Å². The number of aryl methyl sites for hydroxylation is 1. The van der Waals surface area contributed by atoms with Gasteiger partial charge in [-0.3, -0.25) is 0 Å². The molecule has 2 aromatic rings. The molecule has 1 heterocycles. The maximum Gasteiger partial charge on any atom is 0.151 e. The van der Waals surface area contributed by atoms with E-state index in [0.717, 1.165) is 11.6 Å². The lowest BCUT2D eigenvalue weighted by Crippen LogP contribution is -2.01. The van der Waals surface area contributed by atoms with Crippen LogP contribution in [0.3, 0.4) is 0 Å². The molecule has 1 N–H and O–H groups in total. The third kappa shape index (κ3) is 2.30. The first-order chi connectivity index (χ1) is 8.54. The van der Waals surface area contributed by atoms with Gasteiger partial charge < -0.3 is 5.11 Å². The fourth-order valence-electron chi connectivity index (χ4n) is 1.74. The van der Waals surface area contributed by atoms with E-state index in [1.807, 2.05) is 0 Å². The average Bonchev–Trinajstić information content (AvgIpc) is 2.58. The van der Waals surface area contributed by atoms with E-state index in [0.29, 0.717) is 16.7 Å². The van der Waals surface area contributed by atoms with Crippen LogP contribution in [0, 0.1) is 18.6 Å². The molecule has 0 saturated heterocycles. The largest absolute Gasteiger partial charge is 0.396 e. The molecule has 0 aliphatic rings. The standard InChI is InChI=1S/C12H11BrF2N2O/c1-7-9(4-5-18)12(13)17(16-7)11-3-2-8(14)6-10(11)15/h2-3,6,18H,4-5H2,1H3. The molecule has 0 spiro atoms. The molecule has 0 bridgehead atoms. The normalized spacial score (nSPS) is 10.9. The van der Waals surface area contributed by atoms with Crippen LogP contribution in [0.1, 0.15) is 11.3 Å². The Morgan fingerprint density at radius 3 is 2.72 bits per heavy atom. The van der Waals surface area contributed by atoms with Gasteiger partial charge in [-0.15, -0.1) is 0 Å². The number of nitrogens with zero attached hydrogens (tertiary/aromatic N) is 2. The molecule has 6 heteroatoms. The molecule has 18 heavy (non-hydrogen) atoms. The van der Waals surface area contributed by atoms with E-state index < -0.39 is 11.6 Å². The minimum absolute atomic E-state index is 0.0168. The molecule has 0 saturated carbocycles. The van der Waals surface area contributed by atoms with Crippen molar-refractivity contribution >= 4 is 15.9 Å². The van der Waals surface area contributed by atoms with Crippen LogP contribution in [-0.4, -0.2) is 21.5 Å². The molecule has 0 aliphatic carbocycles. The van der Waals surface area contributed by atoms with Crippen molar-refractivity contribution in [1.82, 2.24) is 9.78 Å². The van der Waals surface area contributed by atoms with E-state index >= 15 is 0 Å². The van der Waals surface area contributed by atoms with Crippen molar-refractivity contribution in [2.24, 2.45) is 0 Å². The molecule has 2 rings (SSSR count). The highest BCUT2D eigenvalue weighted by molar-refractivity contribution is 9.10. The zero-order chi connectivity index (χ0) is 13.3. The third-order valence-electron chi connectivity index (χ3n) is 2.62. The summed E-state index contributed by atoms with van der Waals surface area (Å²) < 4.78 is 28.5. The summed E-state index contributed by atoms with van der Waals surface area (Å²) in [6.45, 7) is 1.75. The van der Waals surface area contributed by atoms with E-state index in [1.54, 1.807) is 6.92 Å². The van der Waals surface area contributed by atoms with Gasteiger partial charge in [0.1, 0.15) is 16.1 Å². The van der Waals surface area contributed by atoms with E-state index in [2.05, 4.69) is 21.0 Å². The van der Waals surface area contributed by atoms with Gasteiger partial charge in [0.05, 0.1) is 5.69 Å². The molecule has 0 fully saturated rings. The molecular weight excluding hydrogens is 306 g/mol. The molecule has 1 aromatic carbocycles. The van der Waals surface area contributed by atoms with E-state index in [4.69, 9.17) is 5.11 Å². The Labute approximate surface area is 111 Å². The summed E-state index contributed by atoms with van der Waals surface area (Å²) in [6, 6.07) is 3.31. The number of benzene rings is 1. The van der Waals surface area contributed by atoms with E-state index in [1.165, 1.54) is 16.8 Å². The summed E-state index contributed by atoms with van der Waals surface area (Å²) in [5.41, 5.74) is 1.66. The highest BCUT2D eigenvalue weighted by atomic mass is 79.9. The van der Waals surface area contributed by atoms with Crippen molar-refractivity contribution in [3.63, 3.8) is 0 Å². The summed E-state index contributed by atoms with van der Waals surface area (Å²) in [7, 11) is 0. The van der Waals surface area contributed by atoms with Crippen LogP contribution in [0.5, 0.6) is 0 Å². The number of halogens is 3. The molecule has 0 aliphatic heterocycles. The Balaban J connectivity index is 2.54. The molecule has 0 radical (unpaired) electrons. The maximum atomic E-state index is 13.7. The fraction of sp³-hybridized carbons (Fsp3) is 0.250. The molecule has 3 nitrogen and oxygen atoms in total. The van der Waals surface area contributed by atoms with Gasteiger partial charge in [-0.1, -0.05) is 0 Å². The second-order valence-electron chi connectivity index (χ2n) is 3.84. The lowest BCUT2D eigenvalue weighted by Gasteiger charge is -2.05. The van der Waals surface area contributed by atoms with Crippen molar-refractivity contribution in [2.75, 3.05) is 6.61 Å². The first-order valence-electron chi connectivity index (χ1n) is 5.35. The molecular formula is C12H11BrF2N2O. The van der Waals surface area contributed by atoms with E-state index in [-0.39, 0.29) is 12.3 Å². The van der Waals surface area contributed by atoms with Crippen molar-refractivity contribution in [2.45, 2.75) is 13.3 Å². The van der Waals surface area contributed by atoms with Crippen LogP contribution in [0.2, 0.25) is 0 Å². The lowest BCUT2D eigenvalue weighted by molar-refractivity contribution is 0.299. The Hall–Kier alpha value is -1.27. The van der Waals surface area contributed by atoms with Crippen LogP contribution in [0.25, 0.3) is 5.69 Å². The topological polar surface area (TPSA) is 38.0 Å². The van der Waals surface area contributed by atoms with Gasteiger partial charge in [-0.05, 0) is 35.0 Å². The number of hydrogen-bond donors (Lipinski definition) is 1. The maximum absolute atomic E-state index is 13.7. The first-order valence-corrected chi connectivity index (χ1v) is 6.14. The molecule has 1 aromatic heterocycles. The van der Waals surface area contributed by atoms with Crippen LogP contribution in [0.15, 0.2) is 22.8 Å². The first kappa shape index (κ1) is 13.2. The highest BCUT2D eigenvalue weighted by Gasteiger charge is 2.16. The molecule has 0 amide bonds. The van der Waals surface area contributed by atoms with Gasteiger partial charge >= 0.3 is 0 Å². The predicted molar refractivity (Wildman–Crippen MR) is 66.7 cm³/mol. The summed E-state index contributed by atoms with van der Waals surface area (Å²) in [5, 5.41) is 13.1. The monoisotopic (exact) mass is 316 g/mol. The van der Waals surface area contributed by atoms with Crippen LogP contribution < -0.4 is 0 Å². The van der Waals surface area contributed by atoms with Crippen LogP contribution in [-0.2, 0) is 6.42 Å². The van der Waals surface area contributed by atoms with Crippen molar-refractivity contribution in [3.05, 3.63) is 45.7 Å². The highest BCUT2D eigenvalue weighted by Crippen LogP contribution is 2.25. The minimum Gasteiger partial charge on any atom is -0.396 e. The number of aliphatic hydroxyl groups is 1. The average molecular weight is 317 g/mol. The van der Waals surface area contributed by atoms with Crippen molar-refractivity contribution < 1.29 is 13.9 Å². The van der Waals surface area contributed by atoms with E-state index in [9.17, 15) is 8.78 Å². The van der Waals surface area contributed by atoms with Gasteiger partial charge in [-0.25, -0.2) is 13.5 Å². The second-order valence-corrected chi connectivity index (χ2v) is 4.59. The minimum atomic E-state index is -0.686. The summed E-state index contributed by atoms with van der Waals surface area (Å²) >= 11 is 3.32. The predicted octanol–water partition coefficient (Wildman–Crippen LogP) is 2.76. The van der Waals surface area contributed by atoms with Crippen LogP contribution in [0.4, 0.5) is 8.78 Å². The lowest BCUT2D eigenvalue weighted by atomic mass is 10.2. The van der Waals surface area contributed by atoms with Gasteiger partial charge in [0, 0.05) is 24.7 Å². The Morgan fingerprint density at radius 1 is 1.39 bits per heavy atom. The van der Waals surface area contributed by atoms with Gasteiger partial charge in [0.15, 0.2) is 5.82 Å². The fourth-order valence-corrected chi connectivity index (χ4v) is 2.50.